The third-order valence-electron chi connectivity index (χ3n) is 4.02. The van der Waals surface area contributed by atoms with Crippen molar-refractivity contribution in [3.05, 3.63) is 29.3 Å². The van der Waals surface area contributed by atoms with Gasteiger partial charge in [0.1, 0.15) is 0 Å². The fourth-order valence-corrected chi connectivity index (χ4v) is 2.60. The molecule has 1 amide bonds. The topological polar surface area (TPSA) is 55.1 Å². The summed E-state index contributed by atoms with van der Waals surface area (Å²) in [6.45, 7) is 4.09. The van der Waals surface area contributed by atoms with Gasteiger partial charge in [0.05, 0.1) is 5.92 Å². The van der Waals surface area contributed by atoms with Crippen molar-refractivity contribution in [2.75, 3.05) is 5.32 Å². The first-order valence-electron chi connectivity index (χ1n) is 6.72. The zero-order valence-corrected chi connectivity index (χ0v) is 11.2. The summed E-state index contributed by atoms with van der Waals surface area (Å²) < 4.78 is 0. The Labute approximate surface area is 109 Å². The van der Waals surface area contributed by atoms with E-state index in [0.29, 0.717) is 0 Å². The van der Waals surface area contributed by atoms with Gasteiger partial charge in [0.15, 0.2) is 0 Å². The van der Waals surface area contributed by atoms with Crippen LogP contribution in [0.2, 0.25) is 0 Å². The molecule has 0 heterocycles. The molecule has 2 atom stereocenters. The second-order valence-corrected chi connectivity index (χ2v) is 5.29. The van der Waals surface area contributed by atoms with Crippen LogP contribution in [0.3, 0.4) is 0 Å². The van der Waals surface area contributed by atoms with Gasteiger partial charge < -0.3 is 11.1 Å². The van der Waals surface area contributed by atoms with E-state index in [-0.39, 0.29) is 17.9 Å². The molecule has 1 aliphatic carbocycles. The Morgan fingerprint density at radius 2 is 2.00 bits per heavy atom. The fourth-order valence-electron chi connectivity index (χ4n) is 2.60. The normalized spacial score (nSPS) is 23.7. The average Bonchev–Trinajstić information content (AvgIpc) is 2.35. The van der Waals surface area contributed by atoms with Crippen molar-refractivity contribution in [2.24, 2.45) is 11.7 Å². The molecule has 2 rings (SSSR count). The maximum Gasteiger partial charge on any atom is 0.229 e. The summed E-state index contributed by atoms with van der Waals surface area (Å²) in [5.74, 6) is 0.0505. The van der Waals surface area contributed by atoms with Crippen molar-refractivity contribution in [2.45, 2.75) is 45.6 Å². The molecule has 18 heavy (non-hydrogen) atoms. The van der Waals surface area contributed by atoms with E-state index in [1.165, 1.54) is 5.56 Å². The van der Waals surface area contributed by atoms with Crippen LogP contribution in [-0.2, 0) is 4.79 Å². The Balaban J connectivity index is 2.09. The standard InChI is InChI=1S/C15H22N2O/c1-10-6-5-9-14(11(10)2)17-15(18)12-7-3-4-8-13(12)16/h5-6,9,12-13H,3-4,7-8,16H2,1-2H3,(H,17,18). The van der Waals surface area contributed by atoms with Gasteiger partial charge in [0.25, 0.3) is 0 Å². The molecule has 1 fully saturated rings. The lowest BCUT2D eigenvalue weighted by Crippen LogP contribution is -2.40. The number of carbonyl (C=O) groups excluding carboxylic acids is 1. The smallest absolute Gasteiger partial charge is 0.229 e. The maximum absolute atomic E-state index is 12.3. The van der Waals surface area contributed by atoms with Gasteiger partial charge in [-0.05, 0) is 43.9 Å². The highest BCUT2D eigenvalue weighted by molar-refractivity contribution is 5.93. The predicted molar refractivity (Wildman–Crippen MR) is 74.5 cm³/mol. The maximum atomic E-state index is 12.3. The minimum absolute atomic E-state index is 0.0175. The van der Waals surface area contributed by atoms with E-state index in [2.05, 4.69) is 18.3 Å². The molecular weight excluding hydrogens is 224 g/mol. The first-order valence-corrected chi connectivity index (χ1v) is 6.72. The van der Waals surface area contributed by atoms with E-state index in [0.717, 1.165) is 36.9 Å². The summed E-state index contributed by atoms with van der Waals surface area (Å²) >= 11 is 0. The number of aryl methyl sites for hydroxylation is 1. The predicted octanol–water partition coefficient (Wildman–Crippen LogP) is 2.76. The van der Waals surface area contributed by atoms with Crippen molar-refractivity contribution in [3.8, 4) is 0 Å². The summed E-state index contributed by atoms with van der Waals surface area (Å²) in [6, 6.07) is 5.99. The van der Waals surface area contributed by atoms with Gasteiger partial charge in [-0.25, -0.2) is 0 Å². The van der Waals surface area contributed by atoms with E-state index >= 15 is 0 Å². The van der Waals surface area contributed by atoms with Gasteiger partial charge in [-0.15, -0.1) is 0 Å². The summed E-state index contributed by atoms with van der Waals surface area (Å²) in [5.41, 5.74) is 9.28. The number of amides is 1. The lowest BCUT2D eigenvalue weighted by atomic mass is 9.84. The van der Waals surface area contributed by atoms with E-state index < -0.39 is 0 Å². The summed E-state index contributed by atoms with van der Waals surface area (Å²) in [4.78, 5) is 12.3. The van der Waals surface area contributed by atoms with Gasteiger partial charge >= 0.3 is 0 Å². The summed E-state index contributed by atoms with van der Waals surface area (Å²) in [5, 5.41) is 3.03. The highest BCUT2D eigenvalue weighted by Crippen LogP contribution is 2.25. The summed E-state index contributed by atoms with van der Waals surface area (Å²) in [7, 11) is 0. The lowest BCUT2D eigenvalue weighted by Gasteiger charge is -2.27. The Bertz CT molecular complexity index is 442. The van der Waals surface area contributed by atoms with Gasteiger partial charge in [0.2, 0.25) is 5.91 Å². The second kappa shape index (κ2) is 5.53. The van der Waals surface area contributed by atoms with E-state index in [4.69, 9.17) is 5.73 Å². The van der Waals surface area contributed by atoms with Crippen LogP contribution in [0.1, 0.15) is 36.8 Å². The summed E-state index contributed by atoms with van der Waals surface area (Å²) in [6.07, 6.45) is 4.13. The van der Waals surface area contributed by atoms with Crippen LogP contribution >= 0.6 is 0 Å². The molecule has 0 saturated heterocycles. The Morgan fingerprint density at radius 3 is 2.72 bits per heavy atom. The zero-order valence-electron chi connectivity index (χ0n) is 11.2. The molecular formula is C15H22N2O. The number of nitrogens with two attached hydrogens (primary N) is 1. The molecule has 1 aromatic rings. The Kier molecular flexibility index (Phi) is 4.02. The van der Waals surface area contributed by atoms with Crippen LogP contribution in [-0.4, -0.2) is 11.9 Å². The van der Waals surface area contributed by atoms with Gasteiger partial charge in [-0.2, -0.15) is 0 Å². The van der Waals surface area contributed by atoms with Crippen molar-refractivity contribution in [1.82, 2.24) is 0 Å². The molecule has 0 spiro atoms. The third-order valence-corrected chi connectivity index (χ3v) is 4.02. The minimum Gasteiger partial charge on any atom is -0.327 e. The number of hydrogen-bond donors (Lipinski definition) is 2. The van der Waals surface area contributed by atoms with Crippen LogP contribution in [0.5, 0.6) is 0 Å². The molecule has 3 N–H and O–H groups in total. The molecule has 3 heteroatoms. The van der Waals surface area contributed by atoms with Gasteiger partial charge in [-0.3, -0.25) is 4.79 Å². The third kappa shape index (κ3) is 2.72. The molecule has 2 unspecified atom stereocenters. The van der Waals surface area contributed by atoms with Crippen LogP contribution in [0, 0.1) is 19.8 Å². The highest BCUT2D eigenvalue weighted by Gasteiger charge is 2.28. The number of rotatable bonds is 2. The van der Waals surface area contributed by atoms with E-state index in [1.54, 1.807) is 0 Å². The fraction of sp³-hybridized carbons (Fsp3) is 0.533. The Morgan fingerprint density at radius 1 is 1.28 bits per heavy atom. The van der Waals surface area contributed by atoms with E-state index in [9.17, 15) is 4.79 Å². The monoisotopic (exact) mass is 246 g/mol. The average molecular weight is 246 g/mol. The minimum atomic E-state index is -0.0290. The second-order valence-electron chi connectivity index (χ2n) is 5.29. The molecule has 3 nitrogen and oxygen atoms in total. The molecule has 0 bridgehead atoms. The zero-order chi connectivity index (χ0) is 13.1. The van der Waals surface area contributed by atoms with Crippen LogP contribution in [0.15, 0.2) is 18.2 Å². The van der Waals surface area contributed by atoms with Crippen molar-refractivity contribution >= 4 is 11.6 Å². The van der Waals surface area contributed by atoms with Crippen molar-refractivity contribution < 1.29 is 4.79 Å². The molecule has 0 aromatic heterocycles. The SMILES string of the molecule is Cc1cccc(NC(=O)C2CCCCC2N)c1C. The number of benzene rings is 1. The van der Waals surface area contributed by atoms with Crippen LogP contribution in [0.4, 0.5) is 5.69 Å². The Hall–Kier alpha value is -1.35. The van der Waals surface area contributed by atoms with E-state index in [1.807, 2.05) is 19.1 Å². The first-order chi connectivity index (χ1) is 8.59. The largest absolute Gasteiger partial charge is 0.327 e. The van der Waals surface area contributed by atoms with Crippen LogP contribution < -0.4 is 11.1 Å². The van der Waals surface area contributed by atoms with Crippen molar-refractivity contribution in [3.63, 3.8) is 0 Å². The molecule has 0 aliphatic heterocycles. The number of anilines is 1. The number of hydrogen-bond acceptors (Lipinski definition) is 2. The van der Waals surface area contributed by atoms with Gasteiger partial charge in [-0.1, -0.05) is 25.0 Å². The molecule has 1 aliphatic rings. The number of nitrogens with one attached hydrogen (secondary N) is 1. The number of carbonyl (C=O) groups is 1. The molecule has 1 saturated carbocycles. The first kappa shape index (κ1) is 13.1. The van der Waals surface area contributed by atoms with Crippen LogP contribution in [0.25, 0.3) is 0 Å². The van der Waals surface area contributed by atoms with Crippen molar-refractivity contribution in [1.29, 1.82) is 0 Å². The lowest BCUT2D eigenvalue weighted by molar-refractivity contribution is -0.121. The molecule has 1 aromatic carbocycles. The molecule has 98 valence electrons. The molecule has 0 radical (unpaired) electrons. The highest BCUT2D eigenvalue weighted by atomic mass is 16.1. The van der Waals surface area contributed by atoms with Gasteiger partial charge in [0, 0.05) is 11.7 Å². The quantitative estimate of drug-likeness (QED) is 0.843.